The molecule has 2 aromatic carbocycles. The lowest BCUT2D eigenvalue weighted by Crippen LogP contribution is -2.46. The number of ether oxygens (including phenoxy) is 3. The van der Waals surface area contributed by atoms with Gasteiger partial charge in [-0.25, -0.2) is 0 Å². The van der Waals surface area contributed by atoms with Crippen LogP contribution in [0.15, 0.2) is 48.5 Å². The summed E-state index contributed by atoms with van der Waals surface area (Å²) in [7, 11) is 1.98. The number of hydrogen-bond donors (Lipinski definition) is 0. The van der Waals surface area contributed by atoms with Crippen molar-refractivity contribution in [1.82, 2.24) is 0 Å². The van der Waals surface area contributed by atoms with Gasteiger partial charge in [0.2, 0.25) is 0 Å². The molecule has 0 N–H and O–H groups in total. The Morgan fingerprint density at radius 2 is 1.39 bits per heavy atom. The largest absolute Gasteiger partial charge is 0.497 e. The summed E-state index contributed by atoms with van der Waals surface area (Å²) >= 11 is 0. The Kier molecular flexibility index (Phi) is 5.02. The van der Waals surface area contributed by atoms with E-state index in [1.165, 1.54) is 0 Å². The van der Waals surface area contributed by atoms with E-state index >= 15 is 0 Å². The number of hydrogen-bond acceptors (Lipinski definition) is 5. The first kappa shape index (κ1) is 22.2. The van der Waals surface area contributed by atoms with E-state index in [9.17, 15) is 9.00 Å². The van der Waals surface area contributed by atoms with E-state index in [1.54, 1.807) is 14.2 Å². The summed E-state index contributed by atoms with van der Waals surface area (Å²) in [5.74, 6) is 0.868. The Balaban J connectivity index is 1.80. The highest BCUT2D eigenvalue weighted by Crippen LogP contribution is 2.80. The zero-order valence-electron chi connectivity index (χ0n) is 19.8. The van der Waals surface area contributed by atoms with E-state index in [2.05, 4.69) is 6.92 Å². The van der Waals surface area contributed by atoms with Crippen molar-refractivity contribution in [3.05, 3.63) is 59.7 Å². The fraction of sp³-hybridized carbons (Fsp3) is 0.444. The smallest absolute Gasteiger partial charge is 0.311 e. The first-order valence-corrected chi connectivity index (χ1v) is 12.6. The summed E-state index contributed by atoms with van der Waals surface area (Å²) in [6.07, 6.45) is 1.76. The van der Waals surface area contributed by atoms with Gasteiger partial charge in [0, 0.05) is 16.2 Å². The van der Waals surface area contributed by atoms with Crippen molar-refractivity contribution < 1.29 is 23.2 Å². The first-order valence-electron chi connectivity index (χ1n) is 11.4. The van der Waals surface area contributed by atoms with Crippen LogP contribution in [0, 0.1) is 11.3 Å². The molecule has 1 saturated heterocycles. The molecule has 2 aliphatic heterocycles. The highest BCUT2D eigenvalue weighted by molar-refractivity contribution is 7.90. The van der Waals surface area contributed by atoms with Crippen molar-refractivity contribution >= 4 is 27.9 Å². The zero-order valence-corrected chi connectivity index (χ0v) is 20.6. The molecular formula is C27H30O5S. The van der Waals surface area contributed by atoms with Crippen LogP contribution in [-0.2, 0) is 20.3 Å². The second-order valence-electron chi connectivity index (χ2n) is 9.46. The van der Waals surface area contributed by atoms with Crippen LogP contribution in [-0.4, -0.2) is 40.5 Å². The quantitative estimate of drug-likeness (QED) is 0.569. The third-order valence-corrected chi connectivity index (χ3v) is 10.7. The lowest BCUT2D eigenvalue weighted by atomic mass is 9.60. The Labute approximate surface area is 197 Å². The van der Waals surface area contributed by atoms with E-state index in [0.717, 1.165) is 46.6 Å². The van der Waals surface area contributed by atoms with Gasteiger partial charge in [0.25, 0.3) is 0 Å². The molecule has 6 heteroatoms. The number of benzene rings is 2. The molecule has 1 saturated carbocycles. The van der Waals surface area contributed by atoms with Crippen LogP contribution in [0.25, 0.3) is 11.1 Å². The minimum absolute atomic E-state index is 0.227. The highest BCUT2D eigenvalue weighted by atomic mass is 32.2. The van der Waals surface area contributed by atoms with Crippen molar-refractivity contribution in [2.24, 2.45) is 11.3 Å². The molecule has 2 bridgehead atoms. The molecule has 1 spiro atoms. The van der Waals surface area contributed by atoms with E-state index < -0.39 is 26.2 Å². The molecule has 0 radical (unpaired) electrons. The Bertz CT molecular complexity index is 1160. The van der Waals surface area contributed by atoms with E-state index in [0.29, 0.717) is 6.61 Å². The number of carbonyl (C=O) groups is 1. The third kappa shape index (κ3) is 2.70. The predicted molar refractivity (Wildman–Crippen MR) is 130 cm³/mol. The molecule has 4 atom stereocenters. The molecule has 174 valence electrons. The van der Waals surface area contributed by atoms with Crippen LogP contribution in [0.3, 0.4) is 0 Å². The standard InChI is InChI=1S/C27H30O5S/c1-6-32-24(28)23-25(2)21(17-7-11-19(30-4)12-8-17)22(18-9-13-20(31-5)14-10-18)26(3,33(25)29)27(23)15-16-27/h7-14,23H,6,15-16H2,1-5H3/t23?,25?,26-,33?/m1/s1. The zero-order chi connectivity index (χ0) is 23.6. The summed E-state index contributed by atoms with van der Waals surface area (Å²) in [5, 5.41) is 0. The summed E-state index contributed by atoms with van der Waals surface area (Å²) in [5.41, 5.74) is 3.70. The maximum Gasteiger partial charge on any atom is 0.311 e. The lowest BCUT2D eigenvalue weighted by molar-refractivity contribution is -0.151. The fourth-order valence-corrected chi connectivity index (χ4v) is 9.41. The number of fused-ring (bicyclic) bond motifs is 3. The molecule has 1 aliphatic carbocycles. The Morgan fingerprint density at radius 3 is 1.82 bits per heavy atom. The minimum atomic E-state index is -1.31. The van der Waals surface area contributed by atoms with E-state index in [1.807, 2.05) is 62.4 Å². The normalized spacial score (nSPS) is 31.1. The molecule has 33 heavy (non-hydrogen) atoms. The highest BCUT2D eigenvalue weighted by Gasteiger charge is 2.83. The SMILES string of the molecule is CCOC(=O)C1C2(C)C(c3ccc(OC)cc3)=C(c3ccc(OC)cc3)[C@@](C)(S2=O)C12CC2. The van der Waals surface area contributed by atoms with Crippen molar-refractivity contribution in [2.45, 2.75) is 43.1 Å². The van der Waals surface area contributed by atoms with Gasteiger partial charge in [-0.1, -0.05) is 24.3 Å². The van der Waals surface area contributed by atoms with Gasteiger partial charge in [-0.2, -0.15) is 0 Å². The van der Waals surface area contributed by atoms with Crippen molar-refractivity contribution in [1.29, 1.82) is 0 Å². The van der Waals surface area contributed by atoms with Gasteiger partial charge in [0.1, 0.15) is 11.5 Å². The molecule has 0 amide bonds. The lowest BCUT2D eigenvalue weighted by Gasteiger charge is -2.40. The Hall–Kier alpha value is -2.60. The maximum absolute atomic E-state index is 14.4. The second-order valence-corrected chi connectivity index (χ2v) is 11.7. The third-order valence-electron chi connectivity index (χ3n) is 8.10. The molecule has 2 aromatic rings. The maximum atomic E-state index is 14.4. The van der Waals surface area contributed by atoms with Gasteiger partial charge in [-0.3, -0.25) is 9.00 Å². The monoisotopic (exact) mass is 466 g/mol. The van der Waals surface area contributed by atoms with Gasteiger partial charge in [0.15, 0.2) is 0 Å². The molecular weight excluding hydrogens is 436 g/mol. The second kappa shape index (κ2) is 7.45. The molecule has 3 aliphatic rings. The van der Waals surface area contributed by atoms with Crippen molar-refractivity contribution in [3.8, 4) is 11.5 Å². The minimum Gasteiger partial charge on any atom is -0.497 e. The number of methoxy groups -OCH3 is 2. The summed E-state index contributed by atoms with van der Waals surface area (Å²) in [4.78, 5) is 13.4. The average molecular weight is 467 g/mol. The van der Waals surface area contributed by atoms with Crippen molar-refractivity contribution in [2.75, 3.05) is 20.8 Å². The average Bonchev–Trinajstić information content (AvgIpc) is 3.57. The summed E-state index contributed by atoms with van der Waals surface area (Å²) in [6, 6.07) is 15.8. The molecule has 5 nitrogen and oxygen atoms in total. The number of esters is 1. The van der Waals surface area contributed by atoms with Gasteiger partial charge in [0.05, 0.1) is 36.2 Å². The summed E-state index contributed by atoms with van der Waals surface area (Å²) in [6.45, 7) is 6.25. The van der Waals surface area contributed by atoms with Crippen LogP contribution in [0.4, 0.5) is 0 Å². The molecule has 5 rings (SSSR count). The number of carbonyl (C=O) groups excluding carboxylic acids is 1. The van der Waals surface area contributed by atoms with E-state index in [4.69, 9.17) is 14.2 Å². The Morgan fingerprint density at radius 1 is 0.909 bits per heavy atom. The van der Waals surface area contributed by atoms with Crippen LogP contribution < -0.4 is 9.47 Å². The van der Waals surface area contributed by atoms with Gasteiger partial charge < -0.3 is 14.2 Å². The topological polar surface area (TPSA) is 61.8 Å². The predicted octanol–water partition coefficient (Wildman–Crippen LogP) is 4.87. The fourth-order valence-electron chi connectivity index (χ4n) is 6.53. The van der Waals surface area contributed by atoms with Crippen LogP contribution in [0.1, 0.15) is 44.7 Å². The molecule has 2 heterocycles. The van der Waals surface area contributed by atoms with Crippen LogP contribution in [0.2, 0.25) is 0 Å². The van der Waals surface area contributed by atoms with Gasteiger partial charge in [-0.05, 0) is 80.2 Å². The first-order chi connectivity index (χ1) is 15.8. The van der Waals surface area contributed by atoms with Crippen LogP contribution in [0.5, 0.6) is 11.5 Å². The van der Waals surface area contributed by atoms with E-state index in [-0.39, 0.29) is 11.4 Å². The summed E-state index contributed by atoms with van der Waals surface area (Å²) < 4.78 is 29.2. The number of rotatable bonds is 6. The molecule has 3 unspecified atom stereocenters. The van der Waals surface area contributed by atoms with Gasteiger partial charge in [-0.15, -0.1) is 0 Å². The van der Waals surface area contributed by atoms with Gasteiger partial charge >= 0.3 is 5.97 Å². The van der Waals surface area contributed by atoms with Crippen molar-refractivity contribution in [3.63, 3.8) is 0 Å². The van der Waals surface area contributed by atoms with Crippen LogP contribution >= 0.6 is 0 Å². The molecule has 0 aromatic heterocycles. The molecule has 2 fully saturated rings.